The van der Waals surface area contributed by atoms with Gasteiger partial charge in [0.25, 0.3) is 5.91 Å². The molecule has 2 N–H and O–H groups in total. The number of nitrogens with one attached hydrogen (secondary N) is 2. The van der Waals surface area contributed by atoms with E-state index < -0.39 is 0 Å². The fraction of sp³-hybridized carbons (Fsp3) is 0.292. The summed E-state index contributed by atoms with van der Waals surface area (Å²) < 4.78 is 0. The zero-order valence-electron chi connectivity index (χ0n) is 19.1. The van der Waals surface area contributed by atoms with E-state index >= 15 is 0 Å². The van der Waals surface area contributed by atoms with E-state index in [1.54, 1.807) is 24.0 Å². The molecule has 0 saturated carbocycles. The molecule has 9 nitrogen and oxygen atoms in total. The van der Waals surface area contributed by atoms with E-state index in [0.717, 1.165) is 35.6 Å². The van der Waals surface area contributed by atoms with Gasteiger partial charge in [0.2, 0.25) is 5.91 Å². The minimum Gasteiger partial charge on any atom is -0.352 e. The molecule has 34 heavy (non-hydrogen) atoms. The molecule has 4 aromatic rings. The van der Waals surface area contributed by atoms with E-state index in [1.807, 2.05) is 35.4 Å². The average Bonchev–Trinajstić information content (AvgIpc) is 3.48. The van der Waals surface area contributed by atoms with Crippen LogP contribution in [0.15, 0.2) is 47.5 Å². The fourth-order valence-corrected chi connectivity index (χ4v) is 5.22. The van der Waals surface area contributed by atoms with Gasteiger partial charge in [-0.2, -0.15) is 0 Å². The lowest BCUT2D eigenvalue weighted by Gasteiger charge is -2.44. The van der Waals surface area contributed by atoms with Gasteiger partial charge in [-0.15, -0.1) is 11.3 Å². The summed E-state index contributed by atoms with van der Waals surface area (Å²) in [6.07, 6.45) is 3.50. The van der Waals surface area contributed by atoms with Crippen LogP contribution in [0.1, 0.15) is 31.3 Å². The van der Waals surface area contributed by atoms with E-state index in [-0.39, 0.29) is 23.9 Å². The summed E-state index contributed by atoms with van der Waals surface area (Å²) in [5.41, 5.74) is 5.01. The van der Waals surface area contributed by atoms with Gasteiger partial charge in [0.1, 0.15) is 17.2 Å². The molecule has 10 heteroatoms. The first kappa shape index (κ1) is 22.0. The van der Waals surface area contributed by atoms with Crippen molar-refractivity contribution >= 4 is 45.7 Å². The SMILES string of the molecule is CC(=O)N1[C@H](C)CN(c2cccc(-c3c[nH]c4ncc(NC(=O)c5cscn5)cc34)n2)C[C@@H]1C. The van der Waals surface area contributed by atoms with Crippen LogP contribution in [0.3, 0.4) is 0 Å². The molecule has 1 saturated heterocycles. The first-order chi connectivity index (χ1) is 16.4. The van der Waals surface area contributed by atoms with Gasteiger partial charge >= 0.3 is 0 Å². The maximum atomic E-state index is 12.4. The van der Waals surface area contributed by atoms with E-state index in [0.29, 0.717) is 17.0 Å². The second kappa shape index (κ2) is 8.86. The number of H-pyrrole nitrogens is 1. The Bertz CT molecular complexity index is 1340. The summed E-state index contributed by atoms with van der Waals surface area (Å²) in [5.74, 6) is 0.701. The second-order valence-electron chi connectivity index (χ2n) is 8.56. The van der Waals surface area contributed by atoms with Crippen LogP contribution in [0.2, 0.25) is 0 Å². The molecule has 0 spiro atoms. The van der Waals surface area contributed by atoms with Crippen molar-refractivity contribution in [3.8, 4) is 11.3 Å². The minimum atomic E-state index is -0.271. The summed E-state index contributed by atoms with van der Waals surface area (Å²) >= 11 is 1.37. The predicted octanol–water partition coefficient (Wildman–Crippen LogP) is 3.78. The van der Waals surface area contributed by atoms with Crippen LogP contribution in [0.25, 0.3) is 22.3 Å². The molecule has 0 aromatic carbocycles. The molecule has 2 amide bonds. The lowest BCUT2D eigenvalue weighted by atomic mass is 10.1. The zero-order chi connectivity index (χ0) is 23.8. The largest absolute Gasteiger partial charge is 0.352 e. The summed E-state index contributed by atoms with van der Waals surface area (Å²) in [6, 6.07) is 8.05. The third-order valence-electron chi connectivity index (χ3n) is 6.07. The summed E-state index contributed by atoms with van der Waals surface area (Å²) in [7, 11) is 0. The number of fused-ring (bicyclic) bond motifs is 1. The molecule has 2 atom stereocenters. The molecule has 0 aliphatic carbocycles. The Balaban J connectivity index is 1.42. The zero-order valence-corrected chi connectivity index (χ0v) is 20.0. The topological polar surface area (TPSA) is 107 Å². The van der Waals surface area contributed by atoms with Gasteiger partial charge in [-0.25, -0.2) is 15.0 Å². The summed E-state index contributed by atoms with van der Waals surface area (Å²) in [5, 5.41) is 5.43. The van der Waals surface area contributed by atoms with E-state index in [1.165, 1.54) is 11.3 Å². The van der Waals surface area contributed by atoms with E-state index in [4.69, 9.17) is 4.98 Å². The molecule has 0 radical (unpaired) electrons. The minimum absolute atomic E-state index is 0.102. The molecule has 1 fully saturated rings. The van der Waals surface area contributed by atoms with Crippen molar-refractivity contribution in [1.82, 2.24) is 24.8 Å². The van der Waals surface area contributed by atoms with Crippen molar-refractivity contribution in [1.29, 1.82) is 0 Å². The highest BCUT2D eigenvalue weighted by Gasteiger charge is 2.31. The Kier molecular flexibility index (Phi) is 5.74. The number of nitrogens with zero attached hydrogens (tertiary/aromatic N) is 5. The van der Waals surface area contributed by atoms with Gasteiger partial charge < -0.3 is 20.1 Å². The summed E-state index contributed by atoms with van der Waals surface area (Å²) in [6.45, 7) is 7.22. The quantitative estimate of drug-likeness (QED) is 0.465. The number of carbonyl (C=O) groups is 2. The average molecular weight is 476 g/mol. The number of aromatic nitrogens is 4. The van der Waals surface area contributed by atoms with Crippen molar-refractivity contribution in [2.24, 2.45) is 0 Å². The second-order valence-corrected chi connectivity index (χ2v) is 9.28. The maximum Gasteiger partial charge on any atom is 0.275 e. The molecule has 0 bridgehead atoms. The number of carbonyl (C=O) groups excluding carboxylic acids is 2. The van der Waals surface area contributed by atoms with E-state index in [9.17, 15) is 9.59 Å². The molecule has 5 heterocycles. The highest BCUT2D eigenvalue weighted by Crippen LogP contribution is 2.30. The first-order valence-corrected chi connectivity index (χ1v) is 12.0. The number of pyridine rings is 2. The van der Waals surface area contributed by atoms with Crippen LogP contribution in [0, 0.1) is 0 Å². The van der Waals surface area contributed by atoms with Crippen LogP contribution in [0.4, 0.5) is 11.5 Å². The molecule has 0 unspecified atom stereocenters. The van der Waals surface area contributed by atoms with Crippen molar-refractivity contribution in [2.45, 2.75) is 32.9 Å². The van der Waals surface area contributed by atoms with Gasteiger partial charge in [-0.1, -0.05) is 6.07 Å². The van der Waals surface area contributed by atoms with Crippen LogP contribution < -0.4 is 10.2 Å². The Labute approximate surface area is 200 Å². The Morgan fingerprint density at radius 3 is 2.68 bits per heavy atom. The fourth-order valence-electron chi connectivity index (χ4n) is 4.68. The number of piperazine rings is 1. The molecular formula is C24H25N7O2S. The Morgan fingerprint density at radius 1 is 1.18 bits per heavy atom. The van der Waals surface area contributed by atoms with Gasteiger partial charge in [-0.3, -0.25) is 9.59 Å². The Morgan fingerprint density at radius 2 is 1.97 bits per heavy atom. The molecular weight excluding hydrogens is 450 g/mol. The lowest BCUT2D eigenvalue weighted by molar-refractivity contribution is -0.133. The van der Waals surface area contributed by atoms with Crippen molar-refractivity contribution < 1.29 is 9.59 Å². The molecule has 1 aliphatic rings. The van der Waals surface area contributed by atoms with Crippen molar-refractivity contribution in [2.75, 3.05) is 23.3 Å². The number of amides is 2. The number of aromatic amines is 1. The third kappa shape index (κ3) is 4.12. The lowest BCUT2D eigenvalue weighted by Crippen LogP contribution is -2.58. The first-order valence-electron chi connectivity index (χ1n) is 11.1. The van der Waals surface area contributed by atoms with Crippen LogP contribution in [-0.2, 0) is 4.79 Å². The molecule has 5 rings (SSSR count). The Hall–Kier alpha value is -3.79. The highest BCUT2D eigenvalue weighted by molar-refractivity contribution is 7.07. The van der Waals surface area contributed by atoms with E-state index in [2.05, 4.69) is 39.0 Å². The normalized spacial score (nSPS) is 18.3. The number of anilines is 2. The summed E-state index contributed by atoms with van der Waals surface area (Å²) in [4.78, 5) is 45.2. The van der Waals surface area contributed by atoms with Gasteiger partial charge in [0.05, 0.1) is 23.1 Å². The van der Waals surface area contributed by atoms with Crippen LogP contribution in [0.5, 0.6) is 0 Å². The van der Waals surface area contributed by atoms with Crippen LogP contribution in [-0.4, -0.2) is 61.8 Å². The van der Waals surface area contributed by atoms with Gasteiger partial charge in [0.15, 0.2) is 0 Å². The van der Waals surface area contributed by atoms with Crippen molar-refractivity contribution in [3.63, 3.8) is 0 Å². The number of hydrogen-bond acceptors (Lipinski definition) is 7. The smallest absolute Gasteiger partial charge is 0.275 e. The maximum absolute atomic E-state index is 12.4. The molecule has 4 aromatic heterocycles. The van der Waals surface area contributed by atoms with Crippen LogP contribution >= 0.6 is 11.3 Å². The standard InChI is InChI=1S/C24H25N7O2S/c1-14-10-30(11-15(2)31(14)16(3)32)22-6-4-5-20(29-22)19-9-26-23-18(19)7-17(8-25-23)28-24(33)21-12-34-13-27-21/h4-9,12-15H,10-11H2,1-3H3,(H,25,26)(H,28,33)/t14-,15+. The number of rotatable bonds is 4. The molecule has 1 aliphatic heterocycles. The van der Waals surface area contributed by atoms with Gasteiger partial charge in [0, 0.05) is 54.6 Å². The predicted molar refractivity (Wildman–Crippen MR) is 133 cm³/mol. The monoisotopic (exact) mass is 475 g/mol. The molecule has 174 valence electrons. The van der Waals surface area contributed by atoms with Crippen molar-refractivity contribution in [3.05, 3.63) is 53.2 Å². The third-order valence-corrected chi connectivity index (χ3v) is 6.66. The number of thiazole rings is 1. The van der Waals surface area contributed by atoms with Gasteiger partial charge in [-0.05, 0) is 32.0 Å². The number of hydrogen-bond donors (Lipinski definition) is 2. The highest BCUT2D eigenvalue weighted by atomic mass is 32.1.